The van der Waals surface area contributed by atoms with Crippen LogP contribution in [0.1, 0.15) is 78.1 Å². The molecule has 0 aromatic carbocycles. The average molecular weight is 373 g/mol. The Morgan fingerprint density at radius 2 is 1.78 bits per heavy atom. The van der Waals surface area contributed by atoms with E-state index in [-0.39, 0.29) is 17.3 Å². The van der Waals surface area contributed by atoms with E-state index < -0.39 is 5.60 Å². The van der Waals surface area contributed by atoms with Crippen LogP contribution in [0, 0.1) is 40.4 Å². The van der Waals surface area contributed by atoms with E-state index in [4.69, 9.17) is 4.74 Å². The maximum Gasteiger partial charge on any atom is 0.330 e. The van der Waals surface area contributed by atoms with Crippen LogP contribution in [0.5, 0.6) is 0 Å². The number of esters is 1. The molecule has 27 heavy (non-hydrogen) atoms. The topological polar surface area (TPSA) is 46.5 Å². The van der Waals surface area contributed by atoms with Crippen molar-refractivity contribution in [2.24, 2.45) is 40.4 Å². The predicted octanol–water partition coefficient (Wildman–Crippen LogP) is 4.88. The Morgan fingerprint density at radius 3 is 2.56 bits per heavy atom. The third-order valence-corrected chi connectivity index (χ3v) is 10.3. The van der Waals surface area contributed by atoms with E-state index >= 15 is 0 Å². The van der Waals surface area contributed by atoms with Crippen LogP contribution in [0.4, 0.5) is 0 Å². The Bertz CT molecular complexity index is 656. The van der Waals surface area contributed by atoms with Crippen LogP contribution in [0.15, 0.2) is 12.2 Å². The molecule has 0 spiro atoms. The molecule has 0 saturated heterocycles. The largest absolute Gasteiger partial charge is 0.462 e. The van der Waals surface area contributed by atoms with Gasteiger partial charge in [0.1, 0.15) is 0 Å². The predicted molar refractivity (Wildman–Crippen MR) is 105 cm³/mol. The van der Waals surface area contributed by atoms with Gasteiger partial charge in [0.25, 0.3) is 0 Å². The molecule has 0 aromatic heterocycles. The monoisotopic (exact) mass is 372 g/mol. The third kappa shape index (κ3) is 2.39. The molecule has 5 aliphatic rings. The van der Waals surface area contributed by atoms with Crippen LogP contribution in [0.3, 0.4) is 0 Å². The molecule has 1 heterocycles. The zero-order valence-corrected chi connectivity index (χ0v) is 17.1. The van der Waals surface area contributed by atoms with Crippen LogP contribution in [0.2, 0.25) is 0 Å². The summed E-state index contributed by atoms with van der Waals surface area (Å²) in [5, 5.41) is 12.2. The van der Waals surface area contributed by atoms with Crippen molar-refractivity contribution in [1.82, 2.24) is 0 Å². The maximum atomic E-state index is 12.2. The van der Waals surface area contributed by atoms with Gasteiger partial charge in [0.2, 0.25) is 0 Å². The summed E-state index contributed by atoms with van der Waals surface area (Å²) in [6.07, 6.45) is 16.2. The molecule has 4 saturated carbocycles. The Kier molecular flexibility index (Phi) is 4.10. The SMILES string of the molecule is CC12CCCCC1CCC1C2CCC2(C)C(C3C=CC(=O)OC3)CCC12O. The fourth-order valence-electron chi connectivity index (χ4n) is 8.72. The number of carbonyl (C=O) groups is 1. The van der Waals surface area contributed by atoms with Crippen LogP contribution in [0.25, 0.3) is 0 Å². The molecule has 0 bridgehead atoms. The summed E-state index contributed by atoms with van der Waals surface area (Å²) in [6.45, 7) is 5.43. The number of hydrogen-bond donors (Lipinski definition) is 1. The number of fused-ring (bicyclic) bond motifs is 5. The van der Waals surface area contributed by atoms with Crippen molar-refractivity contribution in [2.45, 2.75) is 83.7 Å². The summed E-state index contributed by atoms with van der Waals surface area (Å²) < 4.78 is 5.35. The lowest BCUT2D eigenvalue weighted by Gasteiger charge is -2.63. The van der Waals surface area contributed by atoms with Gasteiger partial charge >= 0.3 is 5.97 Å². The summed E-state index contributed by atoms with van der Waals surface area (Å²) in [5.41, 5.74) is -0.108. The van der Waals surface area contributed by atoms with Gasteiger partial charge in [-0.15, -0.1) is 0 Å². The number of rotatable bonds is 1. The van der Waals surface area contributed by atoms with Crippen molar-refractivity contribution < 1.29 is 14.6 Å². The highest BCUT2D eigenvalue weighted by Crippen LogP contribution is 2.69. The van der Waals surface area contributed by atoms with Crippen molar-refractivity contribution in [1.29, 1.82) is 0 Å². The molecule has 5 rings (SSSR count). The summed E-state index contributed by atoms with van der Waals surface area (Å²) in [6, 6.07) is 0. The Balaban J connectivity index is 1.45. The molecule has 3 nitrogen and oxygen atoms in total. The molecule has 0 amide bonds. The molecule has 4 fully saturated rings. The van der Waals surface area contributed by atoms with Gasteiger partial charge in [0.15, 0.2) is 0 Å². The van der Waals surface area contributed by atoms with Gasteiger partial charge in [0, 0.05) is 17.4 Å². The first-order valence-corrected chi connectivity index (χ1v) is 11.5. The third-order valence-electron chi connectivity index (χ3n) is 10.3. The van der Waals surface area contributed by atoms with Gasteiger partial charge in [-0.3, -0.25) is 0 Å². The first-order chi connectivity index (χ1) is 12.9. The number of ether oxygens (including phenoxy) is 1. The lowest BCUT2D eigenvalue weighted by Crippen LogP contribution is -2.62. The highest BCUT2D eigenvalue weighted by atomic mass is 16.5. The Morgan fingerprint density at radius 1 is 0.963 bits per heavy atom. The molecule has 8 unspecified atom stereocenters. The zero-order valence-electron chi connectivity index (χ0n) is 17.1. The molecular formula is C24H36O3. The smallest absolute Gasteiger partial charge is 0.330 e. The normalized spacial score (nSPS) is 54.6. The maximum absolute atomic E-state index is 12.2. The quantitative estimate of drug-likeness (QED) is 0.667. The first-order valence-electron chi connectivity index (χ1n) is 11.5. The summed E-state index contributed by atoms with van der Waals surface area (Å²) >= 11 is 0. The van der Waals surface area contributed by atoms with Gasteiger partial charge in [0.05, 0.1) is 12.2 Å². The second-order valence-corrected chi connectivity index (χ2v) is 10.9. The van der Waals surface area contributed by atoms with E-state index in [9.17, 15) is 9.90 Å². The van der Waals surface area contributed by atoms with Crippen molar-refractivity contribution in [2.75, 3.05) is 6.61 Å². The summed E-state index contributed by atoms with van der Waals surface area (Å²) in [5.74, 6) is 2.56. The molecular weight excluding hydrogens is 336 g/mol. The van der Waals surface area contributed by atoms with Crippen LogP contribution < -0.4 is 0 Å². The van der Waals surface area contributed by atoms with Crippen LogP contribution >= 0.6 is 0 Å². The van der Waals surface area contributed by atoms with Crippen molar-refractivity contribution in [3.63, 3.8) is 0 Å². The Hall–Kier alpha value is -0.830. The minimum absolute atomic E-state index is 0.0369. The highest BCUT2D eigenvalue weighted by Gasteiger charge is 2.67. The van der Waals surface area contributed by atoms with E-state index in [1.165, 1.54) is 44.9 Å². The van der Waals surface area contributed by atoms with E-state index in [2.05, 4.69) is 19.9 Å². The summed E-state index contributed by atoms with van der Waals surface area (Å²) in [4.78, 5) is 11.4. The molecule has 150 valence electrons. The van der Waals surface area contributed by atoms with E-state index in [1.54, 1.807) is 6.08 Å². The number of cyclic esters (lactones) is 1. The van der Waals surface area contributed by atoms with Gasteiger partial charge in [-0.25, -0.2) is 4.79 Å². The van der Waals surface area contributed by atoms with Crippen molar-refractivity contribution in [3.8, 4) is 0 Å². The molecule has 1 N–H and O–H groups in total. The molecule has 1 aliphatic heterocycles. The average Bonchev–Trinajstić information content (AvgIpc) is 2.94. The fourth-order valence-corrected chi connectivity index (χ4v) is 8.72. The molecule has 8 atom stereocenters. The lowest BCUT2D eigenvalue weighted by atomic mass is 9.43. The lowest BCUT2D eigenvalue weighted by molar-refractivity contribution is -0.209. The summed E-state index contributed by atoms with van der Waals surface area (Å²) in [7, 11) is 0. The van der Waals surface area contributed by atoms with Crippen molar-refractivity contribution >= 4 is 5.97 Å². The zero-order chi connectivity index (χ0) is 18.9. The fraction of sp³-hybridized carbons (Fsp3) is 0.875. The van der Waals surface area contributed by atoms with Gasteiger partial charge in [-0.05, 0) is 80.5 Å². The molecule has 0 aromatic rings. The Labute approximate surface area is 163 Å². The van der Waals surface area contributed by atoms with Crippen LogP contribution in [-0.4, -0.2) is 23.3 Å². The van der Waals surface area contributed by atoms with E-state index in [0.717, 1.165) is 25.2 Å². The standard InChI is InChI=1S/C24H36O3/c1-22-12-4-3-5-17(22)7-8-20-19(22)10-13-23(2)18(11-14-24(20,23)26)16-6-9-21(25)27-15-16/h6,9,16-20,26H,3-5,7-8,10-15H2,1-2H3. The van der Waals surface area contributed by atoms with Gasteiger partial charge in [-0.1, -0.05) is 32.8 Å². The van der Waals surface area contributed by atoms with E-state index in [1.807, 2.05) is 0 Å². The number of carbonyl (C=O) groups excluding carboxylic acids is 1. The van der Waals surface area contributed by atoms with Crippen molar-refractivity contribution in [3.05, 3.63) is 12.2 Å². The van der Waals surface area contributed by atoms with Crippen LogP contribution in [-0.2, 0) is 9.53 Å². The minimum atomic E-state index is -0.526. The van der Waals surface area contributed by atoms with Gasteiger partial charge < -0.3 is 9.84 Å². The highest BCUT2D eigenvalue weighted by molar-refractivity contribution is 5.82. The molecule has 0 radical (unpaired) electrons. The molecule has 3 heteroatoms. The second kappa shape index (κ2) is 6.08. The molecule has 4 aliphatic carbocycles. The minimum Gasteiger partial charge on any atom is -0.462 e. The number of aliphatic hydroxyl groups is 1. The number of hydrogen-bond acceptors (Lipinski definition) is 3. The first kappa shape index (κ1) is 18.2. The van der Waals surface area contributed by atoms with Gasteiger partial charge in [-0.2, -0.15) is 0 Å². The van der Waals surface area contributed by atoms with E-state index in [0.29, 0.717) is 29.8 Å². The second-order valence-electron chi connectivity index (χ2n) is 10.9.